The summed E-state index contributed by atoms with van der Waals surface area (Å²) in [5.41, 5.74) is -0.192. The predicted octanol–water partition coefficient (Wildman–Crippen LogP) is 3.75. The van der Waals surface area contributed by atoms with Crippen LogP contribution >= 0.6 is 11.3 Å². The first kappa shape index (κ1) is 27.2. The summed E-state index contributed by atoms with van der Waals surface area (Å²) in [5.74, 6) is -2.92. The van der Waals surface area contributed by atoms with Gasteiger partial charge in [0.05, 0.1) is 24.3 Å². The molecular formula is C23H21F4N5O5S. The van der Waals surface area contributed by atoms with E-state index in [9.17, 15) is 27.9 Å². The first-order chi connectivity index (χ1) is 18.0. The number of halogens is 4. The van der Waals surface area contributed by atoms with E-state index in [2.05, 4.69) is 20.3 Å². The summed E-state index contributed by atoms with van der Waals surface area (Å²) in [5, 5.41) is 11.9. The van der Waals surface area contributed by atoms with Crippen molar-refractivity contribution in [2.45, 2.75) is 25.7 Å². The Balaban J connectivity index is 1.53. The van der Waals surface area contributed by atoms with Gasteiger partial charge >= 0.3 is 12.3 Å². The zero-order chi connectivity index (χ0) is 27.4. The van der Waals surface area contributed by atoms with E-state index in [0.29, 0.717) is 5.01 Å². The van der Waals surface area contributed by atoms with Crippen molar-refractivity contribution in [2.75, 3.05) is 26.3 Å². The highest BCUT2D eigenvalue weighted by Gasteiger charge is 2.34. The van der Waals surface area contributed by atoms with Crippen molar-refractivity contribution in [3.05, 3.63) is 58.4 Å². The Morgan fingerprint density at radius 1 is 1.24 bits per heavy atom. The van der Waals surface area contributed by atoms with Gasteiger partial charge in [0.25, 0.3) is 5.91 Å². The Morgan fingerprint density at radius 2 is 1.97 bits per heavy atom. The molecule has 1 aliphatic heterocycles. The van der Waals surface area contributed by atoms with Crippen LogP contribution in [0, 0.1) is 12.7 Å². The second kappa shape index (κ2) is 11.3. The molecule has 3 heterocycles. The molecule has 0 saturated carbocycles. The number of aryl methyl sites for hydroxylation is 1. The predicted molar refractivity (Wildman–Crippen MR) is 125 cm³/mol. The number of hydrogen-bond acceptors (Lipinski definition) is 8. The van der Waals surface area contributed by atoms with Gasteiger partial charge in [-0.3, -0.25) is 4.79 Å². The van der Waals surface area contributed by atoms with E-state index in [1.165, 1.54) is 28.4 Å². The minimum Gasteiger partial charge on any atom is -0.491 e. The van der Waals surface area contributed by atoms with Gasteiger partial charge in [-0.1, -0.05) is 0 Å². The number of aromatic nitrogens is 3. The van der Waals surface area contributed by atoms with Gasteiger partial charge in [0.1, 0.15) is 29.3 Å². The van der Waals surface area contributed by atoms with Gasteiger partial charge in [-0.05, 0) is 19.1 Å². The molecule has 1 aromatic carbocycles. The maximum Gasteiger partial charge on any atom is 0.451 e. The van der Waals surface area contributed by atoms with Crippen molar-refractivity contribution in [3.8, 4) is 16.3 Å². The van der Waals surface area contributed by atoms with Gasteiger partial charge in [-0.15, -0.1) is 11.3 Å². The topological polar surface area (TPSA) is 127 Å². The molecule has 15 heteroatoms. The highest BCUT2D eigenvalue weighted by atomic mass is 32.1. The zero-order valence-corrected chi connectivity index (χ0v) is 20.6. The number of carbonyl (C=O) groups excluding carboxylic acids is 1. The van der Waals surface area contributed by atoms with Crippen LogP contribution in [-0.2, 0) is 17.5 Å². The van der Waals surface area contributed by atoms with E-state index in [4.69, 9.17) is 9.47 Å². The van der Waals surface area contributed by atoms with Crippen molar-refractivity contribution < 1.29 is 41.7 Å². The van der Waals surface area contributed by atoms with E-state index < -0.39 is 35.9 Å². The molecule has 0 spiro atoms. The Bertz CT molecular complexity index is 1320. The average Bonchev–Trinajstić information content (AvgIpc) is 3.32. The number of thiazole rings is 1. The molecule has 4 rings (SSSR count). The van der Waals surface area contributed by atoms with Crippen LogP contribution in [0.15, 0.2) is 30.7 Å². The summed E-state index contributed by atoms with van der Waals surface area (Å²) < 4.78 is 64.7. The van der Waals surface area contributed by atoms with Gasteiger partial charge in [-0.25, -0.2) is 24.1 Å². The Labute approximate surface area is 217 Å². The third kappa shape index (κ3) is 6.52. The molecule has 0 radical (unpaired) electrons. The number of amides is 2. The first-order valence-corrected chi connectivity index (χ1v) is 12.0. The number of carboxylic acid groups (broad SMARTS) is 1. The summed E-state index contributed by atoms with van der Waals surface area (Å²) in [6.07, 6.45) is -2.98. The van der Waals surface area contributed by atoms with E-state index in [1.54, 1.807) is 13.1 Å². The fourth-order valence-electron chi connectivity index (χ4n) is 3.53. The van der Waals surface area contributed by atoms with E-state index in [0.717, 1.165) is 17.3 Å². The molecule has 2 N–H and O–H groups in total. The third-order valence-electron chi connectivity index (χ3n) is 5.40. The first-order valence-electron chi connectivity index (χ1n) is 11.2. The van der Waals surface area contributed by atoms with Crippen molar-refractivity contribution in [1.82, 2.24) is 25.2 Å². The standard InChI is InChI=1S/C23H21F4N5O5S/c1-12-6-29-20(38-12)17-5-14(37-11-15-10-32(22(34)35)2-3-36-15)4-16(18(17)24)19(33)28-7-13-8-30-21(31-9-13)23(25,26)27/h4-6,8-9,15H,2-3,7,10-11H2,1H3,(H,28,33)(H,34,35). The number of alkyl halides is 3. The molecule has 10 nitrogen and oxygen atoms in total. The lowest BCUT2D eigenvalue weighted by Gasteiger charge is -2.30. The van der Waals surface area contributed by atoms with Crippen molar-refractivity contribution in [1.29, 1.82) is 0 Å². The molecule has 2 aromatic heterocycles. The lowest BCUT2D eigenvalue weighted by atomic mass is 10.1. The molecule has 1 saturated heterocycles. The van der Waals surface area contributed by atoms with E-state index >= 15 is 4.39 Å². The summed E-state index contributed by atoms with van der Waals surface area (Å²) in [7, 11) is 0. The van der Waals surface area contributed by atoms with Crippen LogP contribution in [0.3, 0.4) is 0 Å². The number of carbonyl (C=O) groups is 2. The van der Waals surface area contributed by atoms with Gasteiger partial charge < -0.3 is 24.8 Å². The fourth-order valence-corrected chi connectivity index (χ4v) is 4.31. The van der Waals surface area contributed by atoms with Crippen LogP contribution in [0.4, 0.5) is 22.4 Å². The van der Waals surface area contributed by atoms with Gasteiger partial charge in [0, 0.05) is 42.1 Å². The fraction of sp³-hybridized carbons (Fsp3) is 0.348. The highest BCUT2D eigenvalue weighted by Crippen LogP contribution is 2.33. The van der Waals surface area contributed by atoms with Crippen molar-refractivity contribution in [2.24, 2.45) is 0 Å². The lowest BCUT2D eigenvalue weighted by Crippen LogP contribution is -2.47. The average molecular weight is 556 g/mol. The van der Waals surface area contributed by atoms with Gasteiger partial charge in [-0.2, -0.15) is 13.2 Å². The molecule has 2 amide bonds. The van der Waals surface area contributed by atoms with Crippen LogP contribution in [0.25, 0.3) is 10.6 Å². The van der Waals surface area contributed by atoms with Crippen LogP contribution in [-0.4, -0.2) is 69.4 Å². The maximum atomic E-state index is 15.4. The SMILES string of the molecule is Cc1cnc(-c2cc(OCC3CN(C(=O)O)CCO3)cc(C(=O)NCc3cnc(C(F)(F)F)nc3)c2F)s1. The smallest absolute Gasteiger partial charge is 0.451 e. The maximum absolute atomic E-state index is 15.4. The number of nitrogens with one attached hydrogen (secondary N) is 1. The summed E-state index contributed by atoms with van der Waals surface area (Å²) in [6.45, 7) is 1.97. The molecule has 1 aliphatic rings. The number of nitrogens with zero attached hydrogens (tertiary/aromatic N) is 4. The Kier molecular flexibility index (Phi) is 8.06. The van der Waals surface area contributed by atoms with Crippen molar-refractivity contribution in [3.63, 3.8) is 0 Å². The monoisotopic (exact) mass is 555 g/mol. The number of morpholine rings is 1. The third-order valence-corrected chi connectivity index (χ3v) is 6.35. The summed E-state index contributed by atoms with van der Waals surface area (Å²) in [4.78, 5) is 36.8. The van der Waals surface area contributed by atoms with Crippen LogP contribution in [0.5, 0.6) is 5.75 Å². The van der Waals surface area contributed by atoms with E-state index in [-0.39, 0.29) is 55.3 Å². The normalized spacial score (nSPS) is 15.8. The molecule has 1 unspecified atom stereocenters. The molecule has 1 atom stereocenters. The number of hydrogen-bond donors (Lipinski definition) is 2. The Hall–Kier alpha value is -3.85. The van der Waals surface area contributed by atoms with Crippen LogP contribution in [0.2, 0.25) is 0 Å². The largest absolute Gasteiger partial charge is 0.491 e. The lowest BCUT2D eigenvalue weighted by molar-refractivity contribution is -0.145. The van der Waals surface area contributed by atoms with Gasteiger partial charge in [0.15, 0.2) is 0 Å². The quantitative estimate of drug-likeness (QED) is 0.422. The minimum atomic E-state index is -4.70. The second-order valence-corrected chi connectivity index (χ2v) is 9.47. The summed E-state index contributed by atoms with van der Waals surface area (Å²) in [6, 6.07) is 2.56. The van der Waals surface area contributed by atoms with Crippen LogP contribution in [0.1, 0.15) is 26.6 Å². The highest BCUT2D eigenvalue weighted by molar-refractivity contribution is 7.14. The molecule has 0 bridgehead atoms. The van der Waals surface area contributed by atoms with E-state index in [1.807, 2.05) is 0 Å². The number of rotatable bonds is 7. The minimum absolute atomic E-state index is 0.0142. The zero-order valence-electron chi connectivity index (χ0n) is 19.8. The molecule has 202 valence electrons. The molecule has 38 heavy (non-hydrogen) atoms. The van der Waals surface area contributed by atoms with Crippen molar-refractivity contribution >= 4 is 23.3 Å². The number of benzene rings is 1. The Morgan fingerprint density at radius 3 is 2.61 bits per heavy atom. The second-order valence-electron chi connectivity index (χ2n) is 8.24. The van der Waals surface area contributed by atoms with Gasteiger partial charge in [0.2, 0.25) is 5.82 Å². The molecule has 3 aromatic rings. The number of ether oxygens (including phenoxy) is 2. The molecule has 1 fully saturated rings. The molecule has 0 aliphatic carbocycles. The van der Waals surface area contributed by atoms with Crippen LogP contribution < -0.4 is 10.1 Å². The summed E-state index contributed by atoms with van der Waals surface area (Å²) >= 11 is 1.20. The molecular weight excluding hydrogens is 534 g/mol.